The number of imidazole rings is 1. The third kappa shape index (κ3) is 3.55. The Balaban J connectivity index is 1.93. The number of halogens is 2. The first-order valence-electron chi connectivity index (χ1n) is 8.92. The van der Waals surface area contributed by atoms with Gasteiger partial charge in [0.25, 0.3) is 0 Å². The summed E-state index contributed by atoms with van der Waals surface area (Å²) in [6, 6.07) is 8.83. The lowest BCUT2D eigenvalue weighted by molar-refractivity contribution is 0.0685. The van der Waals surface area contributed by atoms with Gasteiger partial charge in [0.05, 0.1) is 12.2 Å². The molecule has 1 N–H and O–H groups in total. The molecule has 0 bridgehead atoms. The Kier molecular flexibility index (Phi) is 5.20. The molecular formula is C21H17Cl2N3O2. The minimum atomic E-state index is -1.02. The van der Waals surface area contributed by atoms with Crippen LogP contribution in [0, 0.1) is 0 Å². The molecule has 0 atom stereocenters. The first-order chi connectivity index (χ1) is 13.5. The Bertz CT molecular complexity index is 1070. The Hall–Kier alpha value is -2.63. The third-order valence-corrected chi connectivity index (χ3v) is 5.38. The van der Waals surface area contributed by atoms with E-state index in [1.54, 1.807) is 41.2 Å². The maximum absolute atomic E-state index is 12.2. The van der Waals surface area contributed by atoms with Gasteiger partial charge in [-0.25, -0.2) is 9.78 Å². The van der Waals surface area contributed by atoms with E-state index in [2.05, 4.69) is 11.1 Å². The van der Waals surface area contributed by atoms with Gasteiger partial charge in [-0.05, 0) is 60.7 Å². The lowest BCUT2D eigenvalue weighted by atomic mass is 10.1. The van der Waals surface area contributed by atoms with Crippen molar-refractivity contribution >= 4 is 34.7 Å². The summed E-state index contributed by atoms with van der Waals surface area (Å²) in [7, 11) is 0. The quantitative estimate of drug-likeness (QED) is 0.593. The summed E-state index contributed by atoms with van der Waals surface area (Å²) < 4.78 is 1.69. The van der Waals surface area contributed by atoms with Gasteiger partial charge in [-0.2, -0.15) is 0 Å². The van der Waals surface area contributed by atoms with E-state index in [0.717, 1.165) is 36.0 Å². The second-order valence-electron chi connectivity index (χ2n) is 6.62. The zero-order chi connectivity index (χ0) is 19.7. The highest BCUT2D eigenvalue weighted by Gasteiger charge is 2.27. The molecule has 7 heteroatoms. The van der Waals surface area contributed by atoms with Crippen LogP contribution in [0.2, 0.25) is 10.0 Å². The van der Waals surface area contributed by atoms with Gasteiger partial charge in [0, 0.05) is 28.0 Å². The molecule has 1 aliphatic carbocycles. The fraction of sp³-hybridized carbons (Fsp3) is 0.190. The van der Waals surface area contributed by atoms with Gasteiger partial charge in [-0.1, -0.05) is 29.3 Å². The predicted octanol–water partition coefficient (Wildman–Crippen LogP) is 5.57. The molecule has 28 heavy (non-hydrogen) atoms. The Morgan fingerprint density at radius 1 is 1.25 bits per heavy atom. The molecule has 2 heterocycles. The highest BCUT2D eigenvalue weighted by Crippen LogP contribution is 2.34. The molecule has 0 spiro atoms. The number of hydrogen-bond donors (Lipinski definition) is 1. The van der Waals surface area contributed by atoms with Gasteiger partial charge in [-0.15, -0.1) is 0 Å². The van der Waals surface area contributed by atoms with E-state index >= 15 is 0 Å². The number of pyridine rings is 1. The number of carboxylic acid groups (broad SMARTS) is 1. The molecule has 0 aliphatic heterocycles. The molecule has 0 fully saturated rings. The van der Waals surface area contributed by atoms with Crippen molar-refractivity contribution in [3.05, 3.63) is 75.8 Å². The van der Waals surface area contributed by atoms with Crippen molar-refractivity contribution in [2.45, 2.75) is 25.8 Å². The van der Waals surface area contributed by atoms with Crippen LogP contribution in [-0.4, -0.2) is 25.6 Å². The maximum Gasteiger partial charge on any atom is 0.354 e. The lowest BCUT2D eigenvalue weighted by Gasteiger charge is -2.12. The summed E-state index contributed by atoms with van der Waals surface area (Å²) in [6.07, 6.45) is 8.17. The molecule has 3 aromatic rings. The molecule has 0 radical (unpaired) electrons. The number of carboxylic acids is 1. The zero-order valence-corrected chi connectivity index (χ0v) is 16.4. The molecule has 0 saturated carbocycles. The minimum Gasteiger partial charge on any atom is -0.477 e. The van der Waals surface area contributed by atoms with E-state index < -0.39 is 5.97 Å². The molecule has 0 unspecified atom stereocenters. The van der Waals surface area contributed by atoms with Crippen molar-refractivity contribution < 1.29 is 9.90 Å². The van der Waals surface area contributed by atoms with Crippen LogP contribution in [0.3, 0.4) is 0 Å². The SMILES string of the molecule is O=C(O)c1c(C2=CCCC2)nc(-c2cccnc2)n1Cc1cc(Cl)ccc1Cl. The summed E-state index contributed by atoms with van der Waals surface area (Å²) in [5.41, 5.74) is 3.11. The summed E-state index contributed by atoms with van der Waals surface area (Å²) >= 11 is 12.5. The van der Waals surface area contributed by atoms with Gasteiger partial charge >= 0.3 is 5.97 Å². The van der Waals surface area contributed by atoms with Gasteiger partial charge in [0.1, 0.15) is 5.82 Å². The number of rotatable bonds is 5. The second-order valence-corrected chi connectivity index (χ2v) is 7.47. The number of benzene rings is 1. The van der Waals surface area contributed by atoms with Crippen LogP contribution >= 0.6 is 23.2 Å². The maximum atomic E-state index is 12.2. The summed E-state index contributed by atoms with van der Waals surface area (Å²) in [4.78, 5) is 21.1. The number of hydrogen-bond acceptors (Lipinski definition) is 3. The summed E-state index contributed by atoms with van der Waals surface area (Å²) in [5, 5.41) is 11.1. The van der Waals surface area contributed by atoms with Crippen molar-refractivity contribution in [1.82, 2.24) is 14.5 Å². The number of allylic oxidation sites excluding steroid dienone is 2. The first-order valence-corrected chi connectivity index (χ1v) is 9.67. The molecule has 5 nitrogen and oxygen atoms in total. The monoisotopic (exact) mass is 413 g/mol. The van der Waals surface area contributed by atoms with Crippen molar-refractivity contribution in [2.75, 3.05) is 0 Å². The molecule has 1 aromatic carbocycles. The largest absolute Gasteiger partial charge is 0.477 e. The van der Waals surface area contributed by atoms with Crippen LogP contribution in [0.5, 0.6) is 0 Å². The van der Waals surface area contributed by atoms with Crippen LogP contribution in [0.25, 0.3) is 17.0 Å². The van der Waals surface area contributed by atoms with Crippen LogP contribution in [-0.2, 0) is 6.54 Å². The fourth-order valence-corrected chi connectivity index (χ4v) is 3.86. The molecule has 0 saturated heterocycles. The van der Waals surface area contributed by atoms with Crippen LogP contribution in [0.15, 0.2) is 48.8 Å². The Labute approximate surface area is 172 Å². The van der Waals surface area contributed by atoms with E-state index in [0.29, 0.717) is 21.6 Å². The molecule has 0 amide bonds. The van der Waals surface area contributed by atoms with Crippen LogP contribution in [0.4, 0.5) is 0 Å². The molecule has 142 valence electrons. The number of nitrogens with zero attached hydrogens (tertiary/aromatic N) is 3. The second kappa shape index (κ2) is 7.78. The van der Waals surface area contributed by atoms with Crippen LogP contribution in [0.1, 0.15) is 41.0 Å². The summed E-state index contributed by atoms with van der Waals surface area (Å²) in [5.74, 6) is -0.479. The van der Waals surface area contributed by atoms with Gasteiger partial charge in [-0.3, -0.25) is 4.98 Å². The van der Waals surface area contributed by atoms with E-state index in [1.165, 1.54) is 0 Å². The van der Waals surface area contributed by atoms with Crippen molar-refractivity contribution in [1.29, 1.82) is 0 Å². The highest BCUT2D eigenvalue weighted by atomic mass is 35.5. The molecular weight excluding hydrogens is 397 g/mol. The van der Waals surface area contributed by atoms with E-state index in [9.17, 15) is 9.90 Å². The lowest BCUT2D eigenvalue weighted by Crippen LogP contribution is -2.12. The topological polar surface area (TPSA) is 68.0 Å². The third-order valence-electron chi connectivity index (χ3n) is 4.77. The standard InChI is InChI=1S/C21H17Cl2N3O2/c22-16-7-8-17(23)15(10-16)12-26-19(21(27)28)18(13-4-1-2-5-13)25-20(26)14-6-3-9-24-11-14/h3-4,6-11H,1-2,5,12H2,(H,27,28). The predicted molar refractivity (Wildman–Crippen MR) is 110 cm³/mol. The van der Waals surface area contributed by atoms with Gasteiger partial charge in [0.2, 0.25) is 0 Å². The normalized spacial score (nSPS) is 13.6. The average Bonchev–Trinajstić information content (AvgIpc) is 3.33. The Morgan fingerprint density at radius 3 is 2.79 bits per heavy atom. The minimum absolute atomic E-state index is 0.156. The highest BCUT2D eigenvalue weighted by molar-refractivity contribution is 6.33. The van der Waals surface area contributed by atoms with Crippen molar-refractivity contribution in [3.8, 4) is 11.4 Å². The molecule has 4 rings (SSSR count). The number of aromatic carboxylic acids is 1. The van der Waals surface area contributed by atoms with E-state index in [4.69, 9.17) is 28.2 Å². The smallest absolute Gasteiger partial charge is 0.354 e. The average molecular weight is 414 g/mol. The number of aromatic nitrogens is 3. The summed E-state index contributed by atoms with van der Waals surface area (Å²) in [6.45, 7) is 0.242. The van der Waals surface area contributed by atoms with Crippen molar-refractivity contribution in [3.63, 3.8) is 0 Å². The Morgan fingerprint density at radius 2 is 2.11 bits per heavy atom. The van der Waals surface area contributed by atoms with Gasteiger partial charge < -0.3 is 9.67 Å². The molecule has 1 aliphatic rings. The van der Waals surface area contributed by atoms with Crippen molar-refractivity contribution in [2.24, 2.45) is 0 Å². The van der Waals surface area contributed by atoms with E-state index in [-0.39, 0.29) is 12.2 Å². The van der Waals surface area contributed by atoms with E-state index in [1.807, 2.05) is 6.07 Å². The molecule has 2 aromatic heterocycles. The van der Waals surface area contributed by atoms with Gasteiger partial charge in [0.15, 0.2) is 5.69 Å². The fourth-order valence-electron chi connectivity index (χ4n) is 3.48. The zero-order valence-electron chi connectivity index (χ0n) is 14.9. The van der Waals surface area contributed by atoms with Crippen LogP contribution < -0.4 is 0 Å². The first kappa shape index (κ1) is 18.7. The number of carbonyl (C=O) groups is 1.